The number of carbonyl (C=O) groups is 1. The minimum Gasteiger partial charge on any atom is -0.368 e. The maximum absolute atomic E-state index is 15.0. The van der Waals surface area contributed by atoms with Gasteiger partial charge in [0.05, 0.1) is 24.6 Å². The Morgan fingerprint density at radius 3 is 2.57 bits per heavy atom. The Morgan fingerprint density at radius 2 is 1.86 bits per heavy atom. The largest absolute Gasteiger partial charge is 0.368 e. The topological polar surface area (TPSA) is 86.3 Å². The number of pyridine rings is 1. The van der Waals surface area contributed by atoms with E-state index in [0.29, 0.717) is 17.1 Å². The second-order valence-corrected chi connectivity index (χ2v) is 9.05. The molecule has 2 aromatic heterocycles. The van der Waals surface area contributed by atoms with Crippen molar-refractivity contribution < 1.29 is 13.6 Å². The number of nitrogens with one attached hydrogen (secondary N) is 2. The minimum atomic E-state index is -0.667. The Bertz CT molecular complexity index is 1240. The molecule has 2 aliphatic heterocycles. The van der Waals surface area contributed by atoms with Crippen LogP contribution >= 0.6 is 0 Å². The van der Waals surface area contributed by atoms with E-state index in [0.717, 1.165) is 38.1 Å². The molecule has 0 atom stereocenters. The Morgan fingerprint density at radius 1 is 1.06 bits per heavy atom. The number of ketones is 1. The van der Waals surface area contributed by atoms with Gasteiger partial charge in [-0.25, -0.2) is 23.7 Å². The number of carbonyl (C=O) groups excluding carboxylic acids is 1. The van der Waals surface area contributed by atoms with Crippen LogP contribution in [0.5, 0.6) is 0 Å². The van der Waals surface area contributed by atoms with Crippen molar-refractivity contribution in [3.05, 3.63) is 53.9 Å². The summed E-state index contributed by atoms with van der Waals surface area (Å²) in [6.07, 6.45) is 2.86. The number of hydrogen-bond acceptors (Lipinski definition) is 8. The van der Waals surface area contributed by atoms with Crippen LogP contribution in [0.2, 0.25) is 0 Å². The lowest BCUT2D eigenvalue weighted by atomic mass is 9.96. The van der Waals surface area contributed by atoms with E-state index in [4.69, 9.17) is 0 Å². The molecule has 1 saturated heterocycles. The molecule has 35 heavy (non-hydrogen) atoms. The van der Waals surface area contributed by atoms with Gasteiger partial charge in [-0.3, -0.25) is 4.79 Å². The molecule has 2 aliphatic rings. The summed E-state index contributed by atoms with van der Waals surface area (Å²) >= 11 is 0. The molecule has 3 aromatic rings. The predicted octanol–water partition coefficient (Wildman–Crippen LogP) is 3.31. The van der Waals surface area contributed by atoms with Gasteiger partial charge in [-0.2, -0.15) is 0 Å². The molecule has 0 spiro atoms. The fourth-order valence-electron chi connectivity index (χ4n) is 4.49. The van der Waals surface area contributed by atoms with Gasteiger partial charge in [0.25, 0.3) is 0 Å². The van der Waals surface area contributed by atoms with Crippen molar-refractivity contribution in [2.45, 2.75) is 26.3 Å². The molecule has 0 radical (unpaired) electrons. The van der Waals surface area contributed by atoms with Crippen molar-refractivity contribution in [2.75, 3.05) is 47.8 Å². The quantitative estimate of drug-likeness (QED) is 0.577. The standard InChI is InChI=1S/C25H27F2N7O/c1-15(2)34-14-18(35)11-19-20(26)9-16(10-22(19)34)24-21(27)13-30-25(32-24)31-23-4-3-17(12-29-23)33-7-5-28-6-8-33/h3-4,9-10,12-13,15,28H,5-8,11,14H2,1-2H3,(H,29,30,31,32). The number of rotatable bonds is 5. The first-order chi connectivity index (χ1) is 16.9. The SMILES string of the molecule is CC(C)N1CC(=O)Cc2c(F)cc(-c3nc(Nc4ccc(N5CCNCC5)cn4)ncc3F)cc21. The van der Waals surface area contributed by atoms with Crippen molar-refractivity contribution in [1.29, 1.82) is 0 Å². The molecule has 5 rings (SSSR count). The Hall–Kier alpha value is -3.66. The summed E-state index contributed by atoms with van der Waals surface area (Å²) in [6.45, 7) is 7.75. The maximum atomic E-state index is 15.0. The summed E-state index contributed by atoms with van der Waals surface area (Å²) in [5.41, 5.74) is 2.21. The second-order valence-electron chi connectivity index (χ2n) is 9.05. The Labute approximate surface area is 202 Å². The van der Waals surface area contributed by atoms with Crippen LogP contribution in [0.1, 0.15) is 19.4 Å². The molecular weight excluding hydrogens is 452 g/mol. The van der Waals surface area contributed by atoms with Gasteiger partial charge in [-0.15, -0.1) is 0 Å². The third kappa shape index (κ3) is 4.79. The van der Waals surface area contributed by atoms with E-state index in [2.05, 4.69) is 30.5 Å². The molecule has 0 bridgehead atoms. The summed E-state index contributed by atoms with van der Waals surface area (Å²) in [7, 11) is 0. The van der Waals surface area contributed by atoms with Gasteiger partial charge in [-0.1, -0.05) is 0 Å². The van der Waals surface area contributed by atoms with E-state index in [1.807, 2.05) is 30.9 Å². The summed E-state index contributed by atoms with van der Waals surface area (Å²) in [6, 6.07) is 6.69. The first-order valence-corrected chi connectivity index (χ1v) is 11.7. The molecule has 10 heteroatoms. The average molecular weight is 480 g/mol. The zero-order valence-corrected chi connectivity index (χ0v) is 19.7. The predicted molar refractivity (Wildman–Crippen MR) is 131 cm³/mol. The zero-order chi connectivity index (χ0) is 24.5. The van der Waals surface area contributed by atoms with Gasteiger partial charge in [0.1, 0.15) is 17.3 Å². The molecule has 182 valence electrons. The summed E-state index contributed by atoms with van der Waals surface area (Å²) in [5, 5.41) is 6.32. The van der Waals surface area contributed by atoms with Crippen LogP contribution in [-0.2, 0) is 11.2 Å². The van der Waals surface area contributed by atoms with E-state index < -0.39 is 11.6 Å². The van der Waals surface area contributed by atoms with Crippen LogP contribution in [0.4, 0.5) is 31.9 Å². The van der Waals surface area contributed by atoms with Gasteiger partial charge in [-0.05, 0) is 38.1 Å². The van der Waals surface area contributed by atoms with E-state index in [1.165, 1.54) is 6.07 Å². The van der Waals surface area contributed by atoms with Crippen LogP contribution in [-0.4, -0.2) is 59.5 Å². The van der Waals surface area contributed by atoms with Crippen molar-refractivity contribution in [1.82, 2.24) is 20.3 Å². The molecular formula is C25H27F2N7O. The summed E-state index contributed by atoms with van der Waals surface area (Å²) in [5.74, 6) is -0.595. The van der Waals surface area contributed by atoms with Crippen molar-refractivity contribution in [3.8, 4) is 11.3 Å². The average Bonchev–Trinajstić information content (AvgIpc) is 2.86. The minimum absolute atomic E-state index is 0.0182. The molecule has 0 saturated carbocycles. The zero-order valence-electron chi connectivity index (χ0n) is 19.7. The highest BCUT2D eigenvalue weighted by molar-refractivity contribution is 5.91. The van der Waals surface area contributed by atoms with Gasteiger partial charge >= 0.3 is 0 Å². The van der Waals surface area contributed by atoms with Crippen LogP contribution < -0.4 is 20.4 Å². The highest BCUT2D eigenvalue weighted by Crippen LogP contribution is 2.35. The monoisotopic (exact) mass is 479 g/mol. The summed E-state index contributed by atoms with van der Waals surface area (Å²) < 4.78 is 29.8. The number of fused-ring (bicyclic) bond motifs is 1. The number of aromatic nitrogens is 3. The lowest BCUT2D eigenvalue weighted by Crippen LogP contribution is -2.43. The fourth-order valence-corrected chi connectivity index (χ4v) is 4.49. The molecule has 2 N–H and O–H groups in total. The van der Waals surface area contributed by atoms with E-state index in [1.54, 1.807) is 12.3 Å². The highest BCUT2D eigenvalue weighted by atomic mass is 19.1. The van der Waals surface area contributed by atoms with Crippen molar-refractivity contribution in [3.63, 3.8) is 0 Å². The number of anilines is 4. The second kappa shape index (κ2) is 9.53. The van der Waals surface area contributed by atoms with Gasteiger partial charge < -0.3 is 20.4 Å². The molecule has 0 amide bonds. The van der Waals surface area contributed by atoms with Crippen molar-refractivity contribution in [2.24, 2.45) is 0 Å². The molecule has 1 aromatic carbocycles. The van der Waals surface area contributed by atoms with E-state index in [-0.39, 0.29) is 42.0 Å². The first-order valence-electron chi connectivity index (χ1n) is 11.7. The highest BCUT2D eigenvalue weighted by Gasteiger charge is 2.28. The van der Waals surface area contributed by atoms with Crippen LogP contribution in [0.15, 0.2) is 36.7 Å². The number of hydrogen-bond donors (Lipinski definition) is 2. The van der Waals surface area contributed by atoms with Crippen LogP contribution in [0.25, 0.3) is 11.3 Å². The van der Waals surface area contributed by atoms with Gasteiger partial charge in [0.2, 0.25) is 5.95 Å². The van der Waals surface area contributed by atoms with Gasteiger partial charge in [0, 0.05) is 55.5 Å². The normalized spacial score (nSPS) is 16.0. The molecule has 1 fully saturated rings. The van der Waals surface area contributed by atoms with Crippen LogP contribution in [0, 0.1) is 11.6 Å². The number of benzene rings is 1. The number of piperazine rings is 1. The third-order valence-electron chi connectivity index (χ3n) is 6.31. The van der Waals surface area contributed by atoms with Gasteiger partial charge in [0.15, 0.2) is 11.6 Å². The maximum Gasteiger partial charge on any atom is 0.229 e. The third-order valence-corrected chi connectivity index (χ3v) is 6.31. The van der Waals surface area contributed by atoms with E-state index in [9.17, 15) is 9.18 Å². The smallest absolute Gasteiger partial charge is 0.229 e. The molecule has 0 unspecified atom stereocenters. The molecule has 0 aliphatic carbocycles. The van der Waals surface area contributed by atoms with Crippen molar-refractivity contribution >= 4 is 28.9 Å². The number of nitrogens with zero attached hydrogens (tertiary/aromatic N) is 5. The number of halogens is 2. The number of Topliss-reactive ketones (excluding diaryl/α,β-unsaturated/α-hetero) is 1. The first kappa shape index (κ1) is 23.1. The Kier molecular flexibility index (Phi) is 6.29. The molecule has 4 heterocycles. The van der Waals surface area contributed by atoms with Crippen LogP contribution in [0.3, 0.4) is 0 Å². The van der Waals surface area contributed by atoms with E-state index >= 15 is 4.39 Å². The lowest BCUT2D eigenvalue weighted by Gasteiger charge is -2.34. The lowest BCUT2D eigenvalue weighted by molar-refractivity contribution is -0.117. The fraction of sp³-hybridized carbons (Fsp3) is 0.360. The molecule has 8 nitrogen and oxygen atoms in total. The Balaban J connectivity index is 1.42. The summed E-state index contributed by atoms with van der Waals surface area (Å²) in [4.78, 5) is 29.0.